The lowest BCUT2D eigenvalue weighted by atomic mass is 10.1. The Labute approximate surface area is 341 Å². The fourth-order valence-corrected chi connectivity index (χ4v) is 5.63. The van der Waals surface area contributed by atoms with Gasteiger partial charge in [0.05, 0.1) is 13.2 Å². The van der Waals surface area contributed by atoms with Crippen LogP contribution in [0.5, 0.6) is 0 Å². The van der Waals surface area contributed by atoms with Gasteiger partial charge in [-0.3, -0.25) is 28.2 Å². The molecule has 0 aromatic heterocycles. The highest BCUT2D eigenvalue weighted by atomic mass is 31.2. The van der Waals surface area contributed by atoms with Crippen molar-refractivity contribution >= 4 is 31.5 Å². The number of nitrogens with two attached hydrogens (primary N) is 1. The van der Waals surface area contributed by atoms with Crippen LogP contribution in [-0.2, 0) is 42.3 Å². The highest BCUT2D eigenvalue weighted by Crippen LogP contribution is 2.43. The summed E-state index contributed by atoms with van der Waals surface area (Å²) in [6.07, 6.45) is 42.3. The average molecular weight is 820 g/mol. The van der Waals surface area contributed by atoms with Crippen molar-refractivity contribution in [1.29, 1.82) is 0 Å². The van der Waals surface area contributed by atoms with E-state index in [1.165, 1.54) is 25.3 Å². The summed E-state index contributed by atoms with van der Waals surface area (Å²) in [4.78, 5) is 58.1. The van der Waals surface area contributed by atoms with Crippen LogP contribution in [0.3, 0.4) is 0 Å². The van der Waals surface area contributed by atoms with Crippen LogP contribution in [0, 0.1) is 0 Å². The molecule has 0 spiro atoms. The molecule has 0 aromatic carbocycles. The average Bonchev–Trinajstić information content (AvgIpc) is 3.18. The number of aliphatic carboxylic acids is 1. The van der Waals surface area contributed by atoms with Crippen LogP contribution >= 0.6 is 7.82 Å². The molecule has 1 unspecified atom stereocenters. The third-order valence-corrected chi connectivity index (χ3v) is 9.05. The van der Waals surface area contributed by atoms with Gasteiger partial charge in [0, 0.05) is 19.3 Å². The Morgan fingerprint density at radius 3 is 1.79 bits per heavy atom. The lowest BCUT2D eigenvalue weighted by Gasteiger charge is -2.20. The number of hydrogen-bond acceptors (Lipinski definition) is 10. The Morgan fingerprint density at radius 2 is 1.16 bits per heavy atom. The molecule has 57 heavy (non-hydrogen) atoms. The van der Waals surface area contributed by atoms with Crippen LogP contribution in [0.15, 0.2) is 85.1 Å². The largest absolute Gasteiger partial charge is 0.480 e. The van der Waals surface area contributed by atoms with Crippen LogP contribution in [0.1, 0.15) is 136 Å². The summed E-state index contributed by atoms with van der Waals surface area (Å²) in [5.41, 5.74) is 5.31. The van der Waals surface area contributed by atoms with Crippen LogP contribution in [-0.4, -0.2) is 65.7 Å². The van der Waals surface area contributed by atoms with E-state index in [4.69, 9.17) is 24.8 Å². The smallest absolute Gasteiger partial charge is 0.472 e. The van der Waals surface area contributed by atoms with Gasteiger partial charge in [0.25, 0.3) is 0 Å². The first-order valence-corrected chi connectivity index (χ1v) is 22.1. The molecule has 4 N–H and O–H groups in total. The van der Waals surface area contributed by atoms with E-state index >= 15 is 0 Å². The Hall–Kier alpha value is -3.67. The zero-order chi connectivity index (χ0) is 42.2. The zero-order valence-electron chi connectivity index (χ0n) is 34.4. The van der Waals surface area contributed by atoms with Gasteiger partial charge in [-0.1, -0.05) is 125 Å². The summed E-state index contributed by atoms with van der Waals surface area (Å²) in [6, 6.07) is -1.56. The third-order valence-electron chi connectivity index (χ3n) is 8.10. The molecular weight excluding hydrogens is 749 g/mol. The SMILES string of the molecule is CC/C=C\C/C=C\C/C=C\CCCCCCCC(=O)O[C@H](COC(=O)CCCC(=O)/C=C/C=C\C/C=C\C/C=C\CCCCC)COP(=O)(O)OC[C@H](N)C(=O)O. The molecule has 12 nitrogen and oxygen atoms in total. The van der Waals surface area contributed by atoms with Gasteiger partial charge in [0.2, 0.25) is 0 Å². The molecule has 0 heterocycles. The fourth-order valence-electron chi connectivity index (χ4n) is 4.85. The Balaban J connectivity index is 4.64. The van der Waals surface area contributed by atoms with E-state index in [0.29, 0.717) is 6.42 Å². The first-order chi connectivity index (χ1) is 27.5. The second-order valence-corrected chi connectivity index (χ2v) is 14.9. The fraction of sp³-hybridized carbons (Fsp3) is 0.591. The minimum atomic E-state index is -4.78. The summed E-state index contributed by atoms with van der Waals surface area (Å²) in [6.45, 7) is 2.37. The van der Waals surface area contributed by atoms with Crippen molar-refractivity contribution in [3.63, 3.8) is 0 Å². The molecule has 0 aliphatic rings. The summed E-state index contributed by atoms with van der Waals surface area (Å²) in [5.74, 6) is -2.85. The van der Waals surface area contributed by atoms with Crippen LogP contribution in [0.2, 0.25) is 0 Å². The molecule has 0 radical (unpaired) electrons. The van der Waals surface area contributed by atoms with Crippen molar-refractivity contribution in [3.8, 4) is 0 Å². The van der Waals surface area contributed by atoms with Crippen molar-refractivity contribution in [1.82, 2.24) is 0 Å². The third kappa shape index (κ3) is 37.7. The maximum Gasteiger partial charge on any atom is 0.472 e. The van der Waals surface area contributed by atoms with E-state index in [1.807, 2.05) is 6.08 Å². The molecule has 322 valence electrons. The molecule has 0 aliphatic heterocycles. The predicted molar refractivity (Wildman–Crippen MR) is 226 cm³/mol. The maximum atomic E-state index is 12.6. The van der Waals surface area contributed by atoms with Gasteiger partial charge in [-0.15, -0.1) is 0 Å². The summed E-state index contributed by atoms with van der Waals surface area (Å²) < 4.78 is 32.4. The topological polar surface area (TPSA) is 189 Å². The second-order valence-electron chi connectivity index (χ2n) is 13.4. The molecule has 0 saturated heterocycles. The first kappa shape index (κ1) is 53.3. The van der Waals surface area contributed by atoms with Crippen molar-refractivity contribution in [2.75, 3.05) is 19.8 Å². The summed E-state index contributed by atoms with van der Waals surface area (Å²) >= 11 is 0. The molecule has 0 saturated carbocycles. The number of phosphoric ester groups is 1. The molecule has 13 heteroatoms. The van der Waals surface area contributed by atoms with Crippen molar-refractivity contribution in [2.24, 2.45) is 5.73 Å². The number of allylic oxidation sites excluding steroid dienone is 14. The second kappa shape index (κ2) is 37.9. The van der Waals surface area contributed by atoms with Gasteiger partial charge in [0.1, 0.15) is 12.6 Å². The van der Waals surface area contributed by atoms with E-state index in [1.54, 1.807) is 12.2 Å². The van der Waals surface area contributed by atoms with Crippen LogP contribution < -0.4 is 5.73 Å². The van der Waals surface area contributed by atoms with E-state index < -0.39 is 57.7 Å². The standard InChI is InChI=1S/C44H70NO11P/c1-3-5-7-9-11-13-15-17-18-20-22-24-26-28-30-34-43(48)56-40(37-54-57(51,52)55-38-41(45)44(49)50)36-53-42(47)35-31-33-39(46)32-29-27-25-23-21-19-16-14-12-10-8-6-4-2/h5,7,11-14,17-19,21,25,27,29,32,40-41H,3-4,6,8-10,15-16,20,22-24,26,28,30-31,33-38,45H2,1-2H3,(H,49,50)(H,51,52)/b7-5-,13-11-,14-12-,18-17-,21-19-,27-25-,32-29+/t40-,41+/m1/s1. The number of ether oxygens (including phenoxy) is 2. The van der Waals surface area contributed by atoms with Crippen molar-refractivity contribution in [3.05, 3.63) is 85.1 Å². The number of ketones is 1. The number of carboxylic acids is 1. The highest BCUT2D eigenvalue weighted by Gasteiger charge is 2.28. The molecule has 0 aliphatic carbocycles. The normalized spacial score (nSPS) is 14.5. The van der Waals surface area contributed by atoms with Crippen molar-refractivity contribution in [2.45, 2.75) is 148 Å². The first-order valence-electron chi connectivity index (χ1n) is 20.6. The predicted octanol–water partition coefficient (Wildman–Crippen LogP) is 9.90. The number of unbranched alkanes of at least 4 members (excludes halogenated alkanes) is 8. The lowest BCUT2D eigenvalue weighted by Crippen LogP contribution is -2.34. The maximum absolute atomic E-state index is 12.6. The number of hydrogen-bond donors (Lipinski definition) is 3. The Bertz CT molecular complexity index is 1350. The summed E-state index contributed by atoms with van der Waals surface area (Å²) in [7, 11) is -4.78. The molecule has 3 atom stereocenters. The van der Waals surface area contributed by atoms with Gasteiger partial charge < -0.3 is 25.2 Å². The van der Waals surface area contributed by atoms with Crippen molar-refractivity contribution < 1.29 is 52.3 Å². The van der Waals surface area contributed by atoms with Crippen LogP contribution in [0.4, 0.5) is 0 Å². The van der Waals surface area contributed by atoms with Crippen LogP contribution in [0.25, 0.3) is 0 Å². The molecule has 0 amide bonds. The Kier molecular flexibility index (Phi) is 35.4. The number of carboxylic acid groups (broad SMARTS) is 1. The van der Waals surface area contributed by atoms with E-state index in [2.05, 4.69) is 79.1 Å². The van der Waals surface area contributed by atoms with E-state index in [-0.39, 0.29) is 31.5 Å². The van der Waals surface area contributed by atoms with E-state index in [0.717, 1.165) is 70.6 Å². The van der Waals surface area contributed by atoms with Gasteiger partial charge in [-0.05, 0) is 76.7 Å². The molecule has 0 fully saturated rings. The summed E-state index contributed by atoms with van der Waals surface area (Å²) in [5, 5.41) is 8.87. The molecular formula is C44H70NO11P. The van der Waals surface area contributed by atoms with Gasteiger partial charge in [-0.2, -0.15) is 0 Å². The number of esters is 2. The number of phosphoric acid groups is 1. The molecule has 0 rings (SSSR count). The number of carbonyl (C=O) groups excluding carboxylic acids is 3. The van der Waals surface area contributed by atoms with Gasteiger partial charge >= 0.3 is 25.7 Å². The Morgan fingerprint density at radius 1 is 0.614 bits per heavy atom. The van der Waals surface area contributed by atoms with Gasteiger partial charge in [-0.25, -0.2) is 4.57 Å². The van der Waals surface area contributed by atoms with Gasteiger partial charge in [0.15, 0.2) is 11.9 Å². The minimum Gasteiger partial charge on any atom is -0.480 e. The number of rotatable bonds is 37. The number of carbonyl (C=O) groups is 4. The monoisotopic (exact) mass is 819 g/mol. The quantitative estimate of drug-likeness (QED) is 0.0135. The molecule has 0 aromatic rings. The zero-order valence-corrected chi connectivity index (χ0v) is 35.3. The lowest BCUT2D eigenvalue weighted by molar-refractivity contribution is -0.161. The molecule has 0 bridgehead atoms. The highest BCUT2D eigenvalue weighted by molar-refractivity contribution is 7.47. The minimum absolute atomic E-state index is 0.0761. The van der Waals surface area contributed by atoms with E-state index in [9.17, 15) is 28.6 Å².